The Kier molecular flexibility index (Phi) is 15.4. The Morgan fingerprint density at radius 2 is 1.82 bits per heavy atom. The van der Waals surface area contributed by atoms with Crippen LogP contribution >= 0.6 is 11.3 Å². The summed E-state index contributed by atoms with van der Waals surface area (Å²) in [7, 11) is 2.06. The smallest absolute Gasteiger partial charge is 0.274 e. The van der Waals surface area contributed by atoms with Crippen LogP contribution in [-0.2, 0) is 29.2 Å². The third kappa shape index (κ3) is 12.1. The molecule has 5 aromatic rings. The predicted molar refractivity (Wildman–Crippen MR) is 248 cm³/mol. The lowest BCUT2D eigenvalue weighted by Gasteiger charge is -2.36. The molecule has 3 aromatic carbocycles. The van der Waals surface area contributed by atoms with Crippen molar-refractivity contribution in [3.05, 3.63) is 101 Å². The van der Waals surface area contributed by atoms with E-state index < -0.39 is 53.5 Å². The van der Waals surface area contributed by atoms with Crippen molar-refractivity contribution in [2.75, 3.05) is 33.4 Å². The lowest BCUT2D eigenvalue weighted by atomic mass is 9.85. The van der Waals surface area contributed by atoms with E-state index in [1.807, 2.05) is 77.8 Å². The van der Waals surface area contributed by atoms with Gasteiger partial charge in [-0.05, 0) is 91.6 Å². The number of fused-ring (bicyclic) bond motifs is 1. The number of aliphatic hydroxyl groups excluding tert-OH is 2. The molecule has 1 saturated heterocycles. The third-order valence-electron chi connectivity index (χ3n) is 12.0. The summed E-state index contributed by atoms with van der Waals surface area (Å²) < 4.78 is 29.1. The molecule has 1 aliphatic carbocycles. The fraction of sp³-hybridized carbons (Fsp3) is 0.458. The Hall–Kier alpha value is -5.47. The standard InChI is InChI=1S/C48H61FN8O8S/c1-30-41(66-29-51-30)33-10-12-35(26-50-46(62)52-40-25-36(58)28-57(40)44(60)42(47(2,3)4)53-45(61)48(49)16-17-48)39(24-33)65-21-6-18-55(5)27-31-7-13-37(14-8-31)64-22-20-56-19-15-32-9-11-34(23-38(32)56)43(59)54-63/h7-15,19,23-24,29,36,40,42,46,50,52,58,62-63H,6,16-18,20-22,25-28H2,1-5H3,(H,53,61)(H,54,59)/t36-,40+,42-,46?/m1/s1. The van der Waals surface area contributed by atoms with Crippen molar-refractivity contribution >= 4 is 40.0 Å². The number of carbonyl (C=O) groups is 3. The SMILES string of the molecule is Cc1ncsc1-c1ccc(CNC(O)N[C@@H]2C[C@@H](O)CN2C(=O)[C@@H](NC(=O)C2(F)CC2)C(C)(C)C)c(OCCCN(C)Cc2ccc(OCCn3ccc4ccc(C(=O)NO)cc43)cc2)c1. The van der Waals surface area contributed by atoms with E-state index in [-0.39, 0.29) is 32.4 Å². The zero-order valence-electron chi connectivity index (χ0n) is 38.1. The van der Waals surface area contributed by atoms with Crippen molar-refractivity contribution in [3.63, 3.8) is 0 Å². The lowest BCUT2D eigenvalue weighted by molar-refractivity contribution is -0.143. The van der Waals surface area contributed by atoms with Crippen LogP contribution in [0.2, 0.25) is 0 Å². The molecule has 1 unspecified atom stereocenters. The van der Waals surface area contributed by atoms with Crippen LogP contribution < -0.4 is 30.9 Å². The first-order valence-corrected chi connectivity index (χ1v) is 23.1. The number of hydrogen-bond donors (Lipinski definition) is 7. The van der Waals surface area contributed by atoms with Gasteiger partial charge < -0.3 is 39.4 Å². The van der Waals surface area contributed by atoms with Gasteiger partial charge in [-0.15, -0.1) is 11.3 Å². The summed E-state index contributed by atoms with van der Waals surface area (Å²) in [5.74, 6) is -0.425. The van der Waals surface area contributed by atoms with Crippen molar-refractivity contribution in [2.24, 2.45) is 5.41 Å². The quantitative estimate of drug-likeness (QED) is 0.0223. The predicted octanol–water partition coefficient (Wildman–Crippen LogP) is 5.08. The number of thiazole rings is 1. The third-order valence-corrected chi connectivity index (χ3v) is 13.0. The molecule has 0 radical (unpaired) electrons. The number of rotatable bonds is 21. The van der Waals surface area contributed by atoms with Crippen LogP contribution in [0.15, 0.2) is 78.4 Å². The first kappa shape index (κ1) is 48.5. The van der Waals surface area contributed by atoms with Gasteiger partial charge >= 0.3 is 0 Å². The number of nitrogens with one attached hydrogen (secondary N) is 4. The second kappa shape index (κ2) is 21.0. The van der Waals surface area contributed by atoms with Crippen LogP contribution in [-0.4, -0.2) is 116 Å². The number of carbonyl (C=O) groups excluding carboxylic acids is 3. The summed E-state index contributed by atoms with van der Waals surface area (Å²) in [5, 5.41) is 40.5. The lowest BCUT2D eigenvalue weighted by Crippen LogP contribution is -2.60. The summed E-state index contributed by atoms with van der Waals surface area (Å²) in [6.07, 6.45) is 0.198. The molecule has 3 amide bonds. The average molecular weight is 929 g/mol. The molecule has 18 heteroatoms. The highest BCUT2D eigenvalue weighted by Crippen LogP contribution is 2.40. The summed E-state index contributed by atoms with van der Waals surface area (Å²) >= 11 is 1.55. The highest BCUT2D eigenvalue weighted by molar-refractivity contribution is 7.13. The van der Waals surface area contributed by atoms with Crippen LogP contribution in [0.4, 0.5) is 4.39 Å². The molecule has 2 fully saturated rings. The maximum absolute atomic E-state index is 14.6. The number of benzene rings is 3. The van der Waals surface area contributed by atoms with Gasteiger partial charge in [0, 0.05) is 55.4 Å². The van der Waals surface area contributed by atoms with Crippen LogP contribution in [0, 0.1) is 12.3 Å². The van der Waals surface area contributed by atoms with E-state index in [9.17, 15) is 29.0 Å². The molecule has 2 aliphatic rings. The van der Waals surface area contributed by atoms with E-state index in [2.05, 4.69) is 32.9 Å². The minimum Gasteiger partial charge on any atom is -0.493 e. The average Bonchev–Trinajstić information content (AvgIpc) is 3.53. The van der Waals surface area contributed by atoms with Crippen LogP contribution in [0.1, 0.15) is 73.6 Å². The molecule has 66 heavy (non-hydrogen) atoms. The molecule has 7 N–H and O–H groups in total. The number of β-amino-alcohol motifs (C(OH)–C–C–N with tert-alkyl or cyclic N) is 1. The highest BCUT2D eigenvalue weighted by atomic mass is 32.1. The molecule has 0 spiro atoms. The Morgan fingerprint density at radius 1 is 1.05 bits per heavy atom. The number of aliphatic hydroxyl groups is 2. The van der Waals surface area contributed by atoms with E-state index in [1.165, 1.54) is 4.90 Å². The Labute approximate surface area is 388 Å². The van der Waals surface area contributed by atoms with Crippen LogP contribution in [0.5, 0.6) is 11.5 Å². The summed E-state index contributed by atoms with van der Waals surface area (Å²) in [6.45, 7) is 10.5. The van der Waals surface area contributed by atoms with Crippen molar-refractivity contribution in [1.82, 2.24) is 40.8 Å². The Balaban J connectivity index is 0.897. The monoisotopic (exact) mass is 928 g/mol. The molecule has 1 saturated carbocycles. The molecular weight excluding hydrogens is 868 g/mol. The van der Waals surface area contributed by atoms with Gasteiger partial charge in [0.2, 0.25) is 5.91 Å². The molecule has 7 rings (SSSR count). The number of nitrogens with zero attached hydrogens (tertiary/aromatic N) is 4. The number of hydroxylamine groups is 1. The second-order valence-electron chi connectivity index (χ2n) is 18.3. The fourth-order valence-corrected chi connectivity index (χ4v) is 8.88. The molecular formula is C48H61FN8O8S. The largest absolute Gasteiger partial charge is 0.493 e. The van der Waals surface area contributed by atoms with E-state index >= 15 is 0 Å². The number of halogens is 1. The maximum Gasteiger partial charge on any atom is 0.274 e. The summed E-state index contributed by atoms with van der Waals surface area (Å²) in [6, 6.07) is 20.1. The number of likely N-dealkylation sites (tertiary alicyclic amines) is 1. The molecule has 1 aliphatic heterocycles. The first-order chi connectivity index (χ1) is 31.5. The van der Waals surface area contributed by atoms with Crippen molar-refractivity contribution in [2.45, 2.75) is 103 Å². The molecule has 4 atom stereocenters. The van der Waals surface area contributed by atoms with E-state index in [1.54, 1.807) is 49.7 Å². The van der Waals surface area contributed by atoms with Crippen molar-refractivity contribution in [1.29, 1.82) is 0 Å². The Morgan fingerprint density at radius 3 is 2.52 bits per heavy atom. The topological polar surface area (TPSA) is 203 Å². The van der Waals surface area contributed by atoms with Gasteiger partial charge in [0.15, 0.2) is 12.0 Å². The zero-order chi connectivity index (χ0) is 47.2. The minimum atomic E-state index is -1.95. The molecule has 354 valence electrons. The van der Waals surface area contributed by atoms with Crippen LogP contribution in [0.3, 0.4) is 0 Å². The van der Waals surface area contributed by atoms with Gasteiger partial charge in [0.05, 0.1) is 41.5 Å². The van der Waals surface area contributed by atoms with E-state index in [0.29, 0.717) is 31.1 Å². The first-order valence-electron chi connectivity index (χ1n) is 22.3. The van der Waals surface area contributed by atoms with Crippen molar-refractivity contribution in [3.8, 4) is 21.9 Å². The van der Waals surface area contributed by atoms with Gasteiger partial charge in [-0.1, -0.05) is 51.1 Å². The fourth-order valence-electron chi connectivity index (χ4n) is 8.07. The summed E-state index contributed by atoms with van der Waals surface area (Å²) in [4.78, 5) is 47.5. The van der Waals surface area contributed by atoms with Gasteiger partial charge in [-0.3, -0.25) is 30.2 Å². The van der Waals surface area contributed by atoms with Gasteiger partial charge in [0.25, 0.3) is 11.8 Å². The zero-order valence-corrected chi connectivity index (χ0v) is 38.9. The number of aryl methyl sites for hydroxylation is 1. The molecule has 16 nitrogen and oxygen atoms in total. The number of ether oxygens (including phenoxy) is 2. The normalized spacial score (nSPS) is 17.8. The molecule has 3 heterocycles. The number of alkyl halides is 1. The van der Waals surface area contributed by atoms with E-state index in [4.69, 9.17) is 14.7 Å². The van der Waals surface area contributed by atoms with Gasteiger partial charge in [0.1, 0.15) is 24.1 Å². The number of amides is 3. The summed E-state index contributed by atoms with van der Waals surface area (Å²) in [5.41, 5.74) is 5.85. The maximum atomic E-state index is 14.6. The molecule has 0 bridgehead atoms. The number of aromatic nitrogens is 2. The van der Waals surface area contributed by atoms with Crippen molar-refractivity contribution < 1.29 is 43.7 Å². The highest BCUT2D eigenvalue weighted by Gasteiger charge is 2.53. The van der Waals surface area contributed by atoms with Crippen LogP contribution in [0.25, 0.3) is 21.3 Å². The minimum absolute atomic E-state index is 0.00631. The van der Waals surface area contributed by atoms with Gasteiger partial charge in [-0.2, -0.15) is 0 Å². The Bertz CT molecular complexity index is 2470. The van der Waals surface area contributed by atoms with E-state index in [0.717, 1.165) is 63.4 Å². The molecule has 2 aromatic heterocycles. The second-order valence-corrected chi connectivity index (χ2v) is 19.2. The van der Waals surface area contributed by atoms with Gasteiger partial charge in [-0.25, -0.2) is 14.9 Å². The number of hydrogen-bond acceptors (Lipinski definition) is 13.